The van der Waals surface area contributed by atoms with Gasteiger partial charge in [-0.15, -0.1) is 11.8 Å². The van der Waals surface area contributed by atoms with Gasteiger partial charge in [-0.3, -0.25) is 14.4 Å². The molecular formula is C15H20N2O4S. The van der Waals surface area contributed by atoms with E-state index in [1.165, 1.54) is 0 Å². The number of carbonyl (C=O) groups excluding carboxylic acids is 2. The van der Waals surface area contributed by atoms with Gasteiger partial charge < -0.3 is 15.7 Å². The number of amides is 2. The molecule has 1 aromatic carbocycles. The molecule has 1 rings (SSSR count). The zero-order valence-corrected chi connectivity index (χ0v) is 13.2. The van der Waals surface area contributed by atoms with Crippen LogP contribution in [0.5, 0.6) is 0 Å². The highest BCUT2D eigenvalue weighted by molar-refractivity contribution is 7.98. The number of nitrogens with one attached hydrogen (secondary N) is 2. The average molecular weight is 324 g/mol. The Labute approximate surface area is 133 Å². The van der Waals surface area contributed by atoms with E-state index in [9.17, 15) is 14.4 Å². The number of benzene rings is 1. The second kappa shape index (κ2) is 9.83. The van der Waals surface area contributed by atoms with Crippen molar-refractivity contribution in [2.24, 2.45) is 0 Å². The Bertz CT molecular complexity index is 534. The number of thioether (sulfide) groups is 1. The number of carboxylic acid groups (broad SMARTS) is 1. The summed E-state index contributed by atoms with van der Waals surface area (Å²) in [6.45, 7) is 0.852. The van der Waals surface area contributed by atoms with Gasteiger partial charge in [0, 0.05) is 30.0 Å². The van der Waals surface area contributed by atoms with Crippen LogP contribution >= 0.6 is 11.8 Å². The summed E-state index contributed by atoms with van der Waals surface area (Å²) in [4.78, 5) is 34.5. The molecule has 0 unspecified atom stereocenters. The van der Waals surface area contributed by atoms with Crippen LogP contribution < -0.4 is 10.6 Å². The molecule has 1 aromatic rings. The summed E-state index contributed by atoms with van der Waals surface area (Å²) >= 11 is 1.57. The fraction of sp³-hybridized carbons (Fsp3) is 0.400. The van der Waals surface area contributed by atoms with Gasteiger partial charge in [-0.2, -0.15) is 0 Å². The molecule has 0 bridgehead atoms. The number of aliphatic carboxylic acids is 1. The molecule has 0 spiro atoms. The molecule has 6 nitrogen and oxygen atoms in total. The lowest BCUT2D eigenvalue weighted by Gasteiger charge is -2.07. The first-order valence-corrected chi connectivity index (χ1v) is 8.16. The highest BCUT2D eigenvalue weighted by atomic mass is 32.2. The minimum absolute atomic E-state index is 0.0246. The summed E-state index contributed by atoms with van der Waals surface area (Å²) in [6.07, 6.45) is 2.34. The molecule has 0 aliphatic carbocycles. The van der Waals surface area contributed by atoms with Gasteiger partial charge in [0.05, 0.1) is 6.42 Å². The van der Waals surface area contributed by atoms with Crippen LogP contribution in [0.1, 0.15) is 29.6 Å². The Kier molecular flexibility index (Phi) is 8.06. The molecule has 0 aliphatic heterocycles. The molecule has 22 heavy (non-hydrogen) atoms. The van der Waals surface area contributed by atoms with Crippen LogP contribution in [0.2, 0.25) is 0 Å². The van der Waals surface area contributed by atoms with E-state index in [0.717, 1.165) is 4.90 Å². The first-order chi connectivity index (χ1) is 10.5. The predicted octanol–water partition coefficient (Wildman–Crippen LogP) is 1.51. The lowest BCUT2D eigenvalue weighted by atomic mass is 10.2. The molecular weight excluding hydrogens is 304 g/mol. The van der Waals surface area contributed by atoms with Gasteiger partial charge in [0.15, 0.2) is 0 Å². The average Bonchev–Trinajstić information content (AvgIpc) is 2.52. The van der Waals surface area contributed by atoms with Crippen molar-refractivity contribution in [2.45, 2.75) is 24.2 Å². The molecule has 0 aliphatic rings. The number of hydrogen-bond acceptors (Lipinski definition) is 4. The maximum absolute atomic E-state index is 11.9. The van der Waals surface area contributed by atoms with Crippen LogP contribution in [0.25, 0.3) is 0 Å². The van der Waals surface area contributed by atoms with E-state index in [0.29, 0.717) is 25.1 Å². The number of hydrogen-bond donors (Lipinski definition) is 3. The Morgan fingerprint density at radius 3 is 2.55 bits per heavy atom. The van der Waals surface area contributed by atoms with E-state index in [-0.39, 0.29) is 24.7 Å². The van der Waals surface area contributed by atoms with Crippen LogP contribution in [0, 0.1) is 0 Å². The Morgan fingerprint density at radius 1 is 1.14 bits per heavy atom. The van der Waals surface area contributed by atoms with Crippen LogP contribution in [0.4, 0.5) is 0 Å². The number of rotatable bonds is 9. The van der Waals surface area contributed by atoms with Crippen LogP contribution in [0.15, 0.2) is 29.2 Å². The Balaban J connectivity index is 2.20. The highest BCUT2D eigenvalue weighted by Gasteiger charge is 2.06. The smallest absolute Gasteiger partial charge is 0.303 e. The summed E-state index contributed by atoms with van der Waals surface area (Å²) < 4.78 is 0. The first kappa shape index (κ1) is 18.0. The van der Waals surface area contributed by atoms with Gasteiger partial charge in [0.2, 0.25) is 5.91 Å². The van der Waals surface area contributed by atoms with Gasteiger partial charge in [-0.1, -0.05) is 6.07 Å². The highest BCUT2D eigenvalue weighted by Crippen LogP contribution is 2.15. The van der Waals surface area contributed by atoms with Crippen molar-refractivity contribution in [1.82, 2.24) is 10.6 Å². The molecule has 0 aromatic heterocycles. The molecule has 120 valence electrons. The van der Waals surface area contributed by atoms with Crippen LogP contribution in [0.3, 0.4) is 0 Å². The quantitative estimate of drug-likeness (QED) is 0.473. The largest absolute Gasteiger partial charge is 0.481 e. The minimum atomic E-state index is -0.991. The molecule has 7 heteroatoms. The van der Waals surface area contributed by atoms with E-state index in [1.807, 2.05) is 24.5 Å². The fourth-order valence-corrected chi connectivity index (χ4v) is 2.15. The van der Waals surface area contributed by atoms with Crippen molar-refractivity contribution < 1.29 is 19.5 Å². The Morgan fingerprint density at radius 2 is 1.86 bits per heavy atom. The summed E-state index contributed by atoms with van der Waals surface area (Å²) in [7, 11) is 0. The minimum Gasteiger partial charge on any atom is -0.481 e. The van der Waals surface area contributed by atoms with Crippen molar-refractivity contribution in [1.29, 1.82) is 0 Å². The van der Waals surface area contributed by atoms with Crippen LogP contribution in [-0.4, -0.2) is 42.2 Å². The molecule has 0 fully saturated rings. The molecule has 0 saturated carbocycles. The van der Waals surface area contributed by atoms with E-state index >= 15 is 0 Å². The molecule has 0 saturated heterocycles. The molecule has 0 atom stereocenters. The van der Waals surface area contributed by atoms with Gasteiger partial charge in [-0.25, -0.2) is 0 Å². The lowest BCUT2D eigenvalue weighted by Crippen LogP contribution is -2.30. The van der Waals surface area contributed by atoms with Crippen molar-refractivity contribution in [3.63, 3.8) is 0 Å². The monoisotopic (exact) mass is 324 g/mol. The Hall–Kier alpha value is -2.02. The summed E-state index contributed by atoms with van der Waals surface area (Å²) in [5.74, 6) is -1.43. The number of carbonyl (C=O) groups is 3. The third-order valence-corrected chi connectivity index (χ3v) is 3.58. The standard InChI is InChI=1S/C15H20N2O4S/c1-22-12-5-2-4-11(10-12)15(21)17-9-3-8-16-13(18)6-7-14(19)20/h2,4-5,10H,3,6-9H2,1H3,(H,16,18)(H,17,21)(H,19,20). The van der Waals surface area contributed by atoms with E-state index < -0.39 is 5.97 Å². The van der Waals surface area contributed by atoms with Crippen molar-refractivity contribution in [3.8, 4) is 0 Å². The van der Waals surface area contributed by atoms with Gasteiger partial charge in [0.1, 0.15) is 0 Å². The second-order valence-corrected chi connectivity index (χ2v) is 5.46. The normalized spacial score (nSPS) is 10.0. The first-order valence-electron chi connectivity index (χ1n) is 6.93. The predicted molar refractivity (Wildman–Crippen MR) is 85.1 cm³/mol. The molecule has 0 heterocycles. The van der Waals surface area contributed by atoms with Gasteiger partial charge in [0.25, 0.3) is 5.91 Å². The zero-order valence-electron chi connectivity index (χ0n) is 12.4. The molecule has 3 N–H and O–H groups in total. The second-order valence-electron chi connectivity index (χ2n) is 4.59. The summed E-state index contributed by atoms with van der Waals surface area (Å²) in [5.41, 5.74) is 0.609. The third kappa shape index (κ3) is 7.12. The number of carboxylic acids is 1. The van der Waals surface area contributed by atoms with Crippen LogP contribution in [-0.2, 0) is 9.59 Å². The van der Waals surface area contributed by atoms with Crippen molar-refractivity contribution in [2.75, 3.05) is 19.3 Å². The van der Waals surface area contributed by atoms with E-state index in [4.69, 9.17) is 5.11 Å². The molecule has 2 amide bonds. The SMILES string of the molecule is CSc1cccc(C(=O)NCCCNC(=O)CCC(=O)O)c1. The molecule has 0 radical (unpaired) electrons. The fourth-order valence-electron chi connectivity index (χ4n) is 1.69. The van der Waals surface area contributed by atoms with Crippen molar-refractivity contribution >= 4 is 29.5 Å². The zero-order chi connectivity index (χ0) is 16.4. The topological polar surface area (TPSA) is 95.5 Å². The van der Waals surface area contributed by atoms with Crippen molar-refractivity contribution in [3.05, 3.63) is 29.8 Å². The van der Waals surface area contributed by atoms with E-state index in [1.54, 1.807) is 17.8 Å². The summed E-state index contributed by atoms with van der Waals surface area (Å²) in [6, 6.07) is 7.36. The van der Waals surface area contributed by atoms with E-state index in [2.05, 4.69) is 10.6 Å². The lowest BCUT2D eigenvalue weighted by molar-refractivity contribution is -0.138. The van der Waals surface area contributed by atoms with Gasteiger partial charge in [-0.05, 0) is 30.9 Å². The maximum atomic E-state index is 11.9. The summed E-state index contributed by atoms with van der Waals surface area (Å²) in [5, 5.41) is 13.8. The maximum Gasteiger partial charge on any atom is 0.303 e. The van der Waals surface area contributed by atoms with Gasteiger partial charge >= 0.3 is 5.97 Å². The third-order valence-electron chi connectivity index (χ3n) is 2.86.